The van der Waals surface area contributed by atoms with Crippen LogP contribution in [0.3, 0.4) is 0 Å². The highest BCUT2D eigenvalue weighted by molar-refractivity contribution is 5.48. The third kappa shape index (κ3) is 5.04. The van der Waals surface area contributed by atoms with Crippen molar-refractivity contribution in [3.63, 3.8) is 0 Å². The van der Waals surface area contributed by atoms with Crippen molar-refractivity contribution in [2.24, 2.45) is 0 Å². The summed E-state index contributed by atoms with van der Waals surface area (Å²) in [6.07, 6.45) is 0. The minimum Gasteiger partial charge on any atom is -0.384 e. The van der Waals surface area contributed by atoms with Gasteiger partial charge in [0, 0.05) is 49.6 Å². The predicted octanol–water partition coefficient (Wildman–Crippen LogP) is 2.70. The molecule has 2 N–H and O–H groups in total. The van der Waals surface area contributed by atoms with Crippen molar-refractivity contribution < 1.29 is 9.85 Å². The summed E-state index contributed by atoms with van der Waals surface area (Å²) in [5.74, 6) is 0. The van der Waals surface area contributed by atoms with Crippen LogP contribution in [0.15, 0.2) is 48.5 Å². The number of nitro groups is 2. The molecule has 0 saturated carbocycles. The minimum atomic E-state index is -0.435. The molecule has 120 valence electrons. The molecule has 0 aliphatic heterocycles. The zero-order valence-corrected chi connectivity index (χ0v) is 12.3. The van der Waals surface area contributed by atoms with Crippen molar-refractivity contribution in [1.29, 1.82) is 0 Å². The van der Waals surface area contributed by atoms with Crippen molar-refractivity contribution >= 4 is 17.1 Å². The van der Waals surface area contributed by atoms with Crippen LogP contribution in [-0.2, 0) is 6.54 Å². The molecule has 2 rings (SSSR count). The van der Waals surface area contributed by atoms with Gasteiger partial charge in [0.15, 0.2) is 0 Å². The van der Waals surface area contributed by atoms with Gasteiger partial charge in [0.25, 0.3) is 11.4 Å². The summed E-state index contributed by atoms with van der Waals surface area (Å²) in [6, 6.07) is 12.6. The fourth-order valence-electron chi connectivity index (χ4n) is 1.96. The number of rotatable bonds is 8. The molecule has 0 aromatic heterocycles. The first kappa shape index (κ1) is 16.4. The van der Waals surface area contributed by atoms with Crippen molar-refractivity contribution in [3.8, 4) is 0 Å². The molecular formula is C15H16N4O4. The van der Waals surface area contributed by atoms with Crippen LogP contribution < -0.4 is 10.6 Å². The number of non-ortho nitro benzene ring substituents is 2. The van der Waals surface area contributed by atoms with Crippen LogP contribution in [0.2, 0.25) is 0 Å². The lowest BCUT2D eigenvalue weighted by Crippen LogP contribution is -2.21. The molecule has 0 saturated heterocycles. The Morgan fingerprint density at radius 1 is 0.783 bits per heavy atom. The van der Waals surface area contributed by atoms with Crippen LogP contribution in [0.4, 0.5) is 17.1 Å². The van der Waals surface area contributed by atoms with E-state index in [0.717, 1.165) is 11.3 Å². The number of hydrogen-bond acceptors (Lipinski definition) is 6. The largest absolute Gasteiger partial charge is 0.384 e. The Morgan fingerprint density at radius 3 is 1.83 bits per heavy atom. The van der Waals surface area contributed by atoms with E-state index in [2.05, 4.69) is 10.6 Å². The Kier molecular flexibility index (Phi) is 5.59. The van der Waals surface area contributed by atoms with Gasteiger partial charge < -0.3 is 10.6 Å². The molecule has 8 nitrogen and oxygen atoms in total. The Hall–Kier alpha value is -3.00. The van der Waals surface area contributed by atoms with Gasteiger partial charge in [0.2, 0.25) is 0 Å². The molecule has 0 fully saturated rings. The van der Waals surface area contributed by atoms with Gasteiger partial charge in [-0.05, 0) is 17.7 Å². The molecule has 0 aliphatic rings. The van der Waals surface area contributed by atoms with Crippen LogP contribution in [0, 0.1) is 20.2 Å². The molecule has 0 atom stereocenters. The average Bonchev–Trinajstić information content (AvgIpc) is 2.55. The quantitative estimate of drug-likeness (QED) is 0.440. The van der Waals surface area contributed by atoms with E-state index in [9.17, 15) is 20.2 Å². The molecule has 0 heterocycles. The normalized spacial score (nSPS) is 10.3. The molecule has 0 aliphatic carbocycles. The number of nitrogens with zero attached hydrogens (tertiary/aromatic N) is 2. The molecule has 0 radical (unpaired) electrons. The van der Waals surface area contributed by atoms with Crippen molar-refractivity contribution in [2.45, 2.75) is 6.54 Å². The lowest BCUT2D eigenvalue weighted by Gasteiger charge is -2.08. The summed E-state index contributed by atoms with van der Waals surface area (Å²) < 4.78 is 0. The Balaban J connectivity index is 1.69. The summed E-state index contributed by atoms with van der Waals surface area (Å²) in [5.41, 5.74) is 1.92. The fraction of sp³-hybridized carbons (Fsp3) is 0.200. The topological polar surface area (TPSA) is 110 Å². The second-order valence-electron chi connectivity index (χ2n) is 4.83. The highest BCUT2D eigenvalue weighted by atomic mass is 16.6. The second kappa shape index (κ2) is 7.85. The zero-order valence-electron chi connectivity index (χ0n) is 12.3. The molecule has 0 unspecified atom stereocenters. The van der Waals surface area contributed by atoms with Gasteiger partial charge in [-0.2, -0.15) is 0 Å². The first-order chi connectivity index (χ1) is 11.1. The standard InChI is InChI=1S/C15H16N4O4/c20-18(21)14-5-1-12(2-6-14)11-16-9-10-17-13-3-7-15(8-4-13)19(22)23/h1-8,16-17H,9-11H2. The summed E-state index contributed by atoms with van der Waals surface area (Å²) in [5, 5.41) is 27.4. The van der Waals surface area contributed by atoms with E-state index in [1.54, 1.807) is 24.3 Å². The monoisotopic (exact) mass is 316 g/mol. The lowest BCUT2D eigenvalue weighted by atomic mass is 10.2. The van der Waals surface area contributed by atoms with Crippen molar-refractivity contribution in [2.75, 3.05) is 18.4 Å². The van der Waals surface area contributed by atoms with Gasteiger partial charge in [-0.3, -0.25) is 20.2 Å². The predicted molar refractivity (Wildman–Crippen MR) is 86.4 cm³/mol. The highest BCUT2D eigenvalue weighted by Crippen LogP contribution is 2.15. The molecule has 0 amide bonds. The number of nitro benzene ring substituents is 2. The summed E-state index contributed by atoms with van der Waals surface area (Å²) in [6.45, 7) is 1.96. The Morgan fingerprint density at radius 2 is 1.30 bits per heavy atom. The van der Waals surface area contributed by atoms with E-state index in [0.29, 0.717) is 19.6 Å². The maximum Gasteiger partial charge on any atom is 0.269 e. The van der Waals surface area contributed by atoms with E-state index < -0.39 is 9.85 Å². The van der Waals surface area contributed by atoms with E-state index in [-0.39, 0.29) is 11.4 Å². The summed E-state index contributed by atoms with van der Waals surface area (Å²) in [7, 11) is 0. The summed E-state index contributed by atoms with van der Waals surface area (Å²) in [4.78, 5) is 20.2. The van der Waals surface area contributed by atoms with Crippen LogP contribution >= 0.6 is 0 Å². The first-order valence-corrected chi connectivity index (χ1v) is 6.98. The molecule has 0 bridgehead atoms. The summed E-state index contributed by atoms with van der Waals surface area (Å²) >= 11 is 0. The highest BCUT2D eigenvalue weighted by Gasteiger charge is 2.04. The van der Waals surface area contributed by atoms with Gasteiger partial charge >= 0.3 is 0 Å². The van der Waals surface area contributed by atoms with Gasteiger partial charge in [-0.1, -0.05) is 12.1 Å². The van der Waals surface area contributed by atoms with Gasteiger partial charge in [0.1, 0.15) is 0 Å². The third-order valence-corrected chi connectivity index (χ3v) is 3.19. The maximum absolute atomic E-state index is 10.5. The van der Waals surface area contributed by atoms with Crippen LogP contribution in [0.5, 0.6) is 0 Å². The number of nitrogens with one attached hydrogen (secondary N) is 2. The number of hydrogen-bond donors (Lipinski definition) is 2. The fourth-order valence-corrected chi connectivity index (χ4v) is 1.96. The maximum atomic E-state index is 10.5. The van der Waals surface area contributed by atoms with Gasteiger partial charge in [-0.25, -0.2) is 0 Å². The Labute approximate surface area is 132 Å². The SMILES string of the molecule is O=[N+]([O-])c1ccc(CNCCNc2ccc([N+](=O)[O-])cc2)cc1. The van der Waals surface area contributed by atoms with Crippen LogP contribution in [0.25, 0.3) is 0 Å². The first-order valence-electron chi connectivity index (χ1n) is 6.98. The van der Waals surface area contributed by atoms with E-state index in [1.807, 2.05) is 0 Å². The van der Waals surface area contributed by atoms with Gasteiger partial charge in [-0.15, -0.1) is 0 Å². The molecule has 0 spiro atoms. The molecular weight excluding hydrogens is 300 g/mol. The molecule has 2 aromatic carbocycles. The van der Waals surface area contributed by atoms with Crippen molar-refractivity contribution in [1.82, 2.24) is 5.32 Å². The second-order valence-corrected chi connectivity index (χ2v) is 4.83. The number of anilines is 1. The lowest BCUT2D eigenvalue weighted by molar-refractivity contribution is -0.385. The minimum absolute atomic E-state index is 0.0619. The van der Waals surface area contributed by atoms with Crippen LogP contribution in [0.1, 0.15) is 5.56 Å². The zero-order chi connectivity index (χ0) is 16.7. The van der Waals surface area contributed by atoms with Crippen LogP contribution in [-0.4, -0.2) is 22.9 Å². The van der Waals surface area contributed by atoms with E-state index in [1.165, 1.54) is 24.3 Å². The molecule has 2 aromatic rings. The Bertz CT molecular complexity index is 611. The number of benzene rings is 2. The third-order valence-electron chi connectivity index (χ3n) is 3.19. The molecule has 8 heteroatoms. The van der Waals surface area contributed by atoms with E-state index in [4.69, 9.17) is 0 Å². The van der Waals surface area contributed by atoms with E-state index >= 15 is 0 Å². The average molecular weight is 316 g/mol. The van der Waals surface area contributed by atoms with Crippen molar-refractivity contribution in [3.05, 3.63) is 74.3 Å². The van der Waals surface area contributed by atoms with Gasteiger partial charge in [0.05, 0.1) is 9.85 Å². The molecule has 23 heavy (non-hydrogen) atoms. The smallest absolute Gasteiger partial charge is 0.269 e.